The Hall–Kier alpha value is -15.3. The van der Waals surface area contributed by atoms with Crippen LogP contribution in [0.25, 0.3) is 11.1 Å². The molecule has 8 aromatic carbocycles. The van der Waals surface area contributed by atoms with Gasteiger partial charge in [-0.3, -0.25) is 71.9 Å². The fourth-order valence-corrected chi connectivity index (χ4v) is 20.8. The van der Waals surface area contributed by atoms with Gasteiger partial charge < -0.3 is 134 Å². The second-order valence-corrected chi connectivity index (χ2v) is 37.3. The van der Waals surface area contributed by atoms with Gasteiger partial charge in [0, 0.05) is 133 Å². The number of carbonyl (C=O) groups is 16. The van der Waals surface area contributed by atoms with Crippen LogP contribution >= 0.6 is 0 Å². The minimum atomic E-state index is -2.82. The molecular formula is C107H108N4O39. The Balaban J connectivity index is 0.598. The van der Waals surface area contributed by atoms with Crippen LogP contribution in [0.1, 0.15) is 276 Å². The van der Waals surface area contributed by atoms with Crippen molar-refractivity contribution in [3.8, 4) is 62.9 Å². The molecule has 0 spiro atoms. The maximum absolute atomic E-state index is 14.7. The predicted octanol–water partition coefficient (Wildman–Crippen LogP) is 7.14. The van der Waals surface area contributed by atoms with Crippen LogP contribution in [0.3, 0.4) is 0 Å². The molecule has 1 heterocycles. The van der Waals surface area contributed by atoms with Crippen LogP contribution in [-0.4, -0.2) is 266 Å². The highest BCUT2D eigenvalue weighted by Gasteiger charge is 2.56. The van der Waals surface area contributed by atoms with Crippen LogP contribution in [0.5, 0.6) is 51.7 Å². The van der Waals surface area contributed by atoms with E-state index in [0.717, 1.165) is 22.3 Å². The average Bonchev–Trinajstić information content (AvgIpc) is 1.22. The number of hydrogen-bond donors (Lipinski definition) is 14. The monoisotopic (exact) mass is 2070 g/mol. The number of Topliss-reactive ketones (excluding diaryl/α,β-unsaturated/α-hetero) is 3. The number of ketones is 9. The summed E-state index contributed by atoms with van der Waals surface area (Å²) in [5.74, 6) is -22.9. The standard InChI is InChI=1S/C107H108N4O39/c1-9-75(141-11-3)148-63-40-105(135,37-55-81(63)100(131)87-84(94(55)125)91(122)52-24-17-27-60(138-6)78(52)97(87)128)66(112)44-143-72(118)33-30-69(115)109-103(110-70(116)31-34-73(119)144-45-67(113)106(136)38-56-82(64(41-106)149-76(10-2)142-12-4)101(132)88-85(95(56)126)92(123)53-25-18-28-61(139-7)79(53)98(88)129)111-71(117)32-35-74(120)145-46-68(114)107(137)39-57-83(102(133)89-86(96(57)127)93(124)54-26-19-29-62(140-8)80(54)99(89)130)65(42-107)150-77-36-59(90(121)47(5)147-77)108-104(134)146-43-58-50-22-15-13-20-48(50)49-21-14-16-23-51(49)58/h13-29,47,58-59,63-65,75-77,90,103,121,125-127,131-133,135-137H,9-12,30-46H2,1-8H3,(H,108,134)(H,109,115)(H,110,116)(H,111,117)/t47?,59?,63-,64-,65-,75?,76?,77?,90?,103?,105-,106-,107-/m0/s1. The van der Waals surface area contributed by atoms with Crippen molar-refractivity contribution in [3.63, 3.8) is 0 Å². The van der Waals surface area contributed by atoms with E-state index >= 15 is 0 Å². The summed E-state index contributed by atoms with van der Waals surface area (Å²) in [6.07, 6.45) is -25.2. The molecule has 0 radical (unpaired) electrons. The van der Waals surface area contributed by atoms with Gasteiger partial charge in [-0.25, -0.2) is 4.79 Å². The smallest absolute Gasteiger partial charge is 0.407 e. The molecule has 1 aliphatic heterocycles. The first kappa shape index (κ1) is 107. The van der Waals surface area contributed by atoms with Gasteiger partial charge >= 0.3 is 24.0 Å². The highest BCUT2D eigenvalue weighted by Crippen LogP contribution is 2.58. The second-order valence-electron chi connectivity index (χ2n) is 37.3. The molecule has 0 saturated carbocycles. The normalized spacial score (nSPS) is 21.5. The summed E-state index contributed by atoms with van der Waals surface area (Å²) in [6.45, 7) is 4.20. The molecule has 790 valence electrons. The lowest BCUT2D eigenvalue weighted by Crippen LogP contribution is -2.58. The summed E-state index contributed by atoms with van der Waals surface area (Å²) >= 11 is 0. The van der Waals surface area contributed by atoms with E-state index in [0.29, 0.717) is 0 Å². The Kier molecular flexibility index (Phi) is 31.4. The Labute approximate surface area is 854 Å². The van der Waals surface area contributed by atoms with E-state index in [1.807, 2.05) is 48.5 Å². The molecule has 0 bridgehead atoms. The minimum Gasteiger partial charge on any atom is -0.507 e. The number of aliphatic hydroxyl groups is 4. The molecule has 43 nitrogen and oxygen atoms in total. The number of carbonyl (C=O) groups excluding carboxylic acids is 16. The van der Waals surface area contributed by atoms with Crippen LogP contribution in [0.4, 0.5) is 4.79 Å². The third-order valence-corrected chi connectivity index (χ3v) is 28.1. The number of amides is 4. The van der Waals surface area contributed by atoms with Crippen molar-refractivity contribution in [1.82, 2.24) is 21.3 Å². The van der Waals surface area contributed by atoms with E-state index in [4.69, 9.17) is 61.6 Å². The number of nitrogens with one attached hydrogen (secondary N) is 4. The number of esters is 3. The molecule has 6 unspecified atom stereocenters. The van der Waals surface area contributed by atoms with Crippen LogP contribution in [0, 0.1) is 0 Å². The van der Waals surface area contributed by atoms with Crippen molar-refractivity contribution in [3.05, 3.63) is 214 Å². The number of rotatable bonds is 39. The van der Waals surface area contributed by atoms with Crippen molar-refractivity contribution >= 4 is 93.8 Å². The number of methoxy groups -OCH3 is 3. The van der Waals surface area contributed by atoms with E-state index in [1.54, 1.807) is 27.7 Å². The van der Waals surface area contributed by atoms with Crippen LogP contribution in [0.2, 0.25) is 0 Å². The number of hydrogen-bond acceptors (Lipinski definition) is 39. The quantitative estimate of drug-likeness (QED) is 0.00787. The molecule has 1 fully saturated rings. The lowest BCUT2D eigenvalue weighted by molar-refractivity contribution is -0.249. The van der Waals surface area contributed by atoms with Gasteiger partial charge in [-0.2, -0.15) is 0 Å². The minimum absolute atomic E-state index is 0.0314. The molecule has 16 rings (SSSR count). The van der Waals surface area contributed by atoms with Crippen molar-refractivity contribution in [1.29, 1.82) is 0 Å². The third kappa shape index (κ3) is 20.4. The maximum atomic E-state index is 14.7. The molecule has 12 atom stereocenters. The Morgan fingerprint density at radius 2 is 0.733 bits per heavy atom. The van der Waals surface area contributed by atoms with Gasteiger partial charge in [-0.1, -0.05) is 98.8 Å². The summed E-state index contributed by atoms with van der Waals surface area (Å²) in [5.41, 5.74) is -12.2. The zero-order chi connectivity index (χ0) is 108. The van der Waals surface area contributed by atoms with Crippen molar-refractivity contribution in [2.24, 2.45) is 0 Å². The lowest BCUT2D eigenvalue weighted by Gasteiger charge is -2.42. The summed E-state index contributed by atoms with van der Waals surface area (Å²) in [4.78, 5) is 227. The maximum Gasteiger partial charge on any atom is 0.407 e. The molecule has 8 aromatic rings. The van der Waals surface area contributed by atoms with E-state index in [-0.39, 0.29) is 100 Å². The average molecular weight is 2070 g/mol. The Morgan fingerprint density at radius 3 is 1.07 bits per heavy atom. The van der Waals surface area contributed by atoms with Crippen LogP contribution in [-0.2, 0) is 110 Å². The van der Waals surface area contributed by atoms with Gasteiger partial charge in [0.05, 0.1) is 121 Å². The fraction of sp³-hybridized carbons (Fsp3) is 0.402. The third-order valence-electron chi connectivity index (χ3n) is 28.1. The van der Waals surface area contributed by atoms with Gasteiger partial charge in [-0.15, -0.1) is 0 Å². The number of ether oxygens (including phenoxy) is 13. The highest BCUT2D eigenvalue weighted by molar-refractivity contribution is 6.34. The van der Waals surface area contributed by atoms with Gasteiger partial charge in [0.1, 0.15) is 81.3 Å². The number of benzene rings is 8. The zero-order valence-electron chi connectivity index (χ0n) is 82.3. The number of phenols is 6. The highest BCUT2D eigenvalue weighted by atomic mass is 16.7. The van der Waals surface area contributed by atoms with Crippen molar-refractivity contribution < 1.29 is 189 Å². The first-order valence-corrected chi connectivity index (χ1v) is 48.5. The lowest BCUT2D eigenvalue weighted by atomic mass is 9.72. The molecule has 14 N–H and O–H groups in total. The molecule has 0 aromatic heterocycles. The number of alkyl carbamates (subject to hydrolysis) is 1. The van der Waals surface area contributed by atoms with E-state index in [1.165, 1.54) is 82.9 Å². The molecular weight excluding hydrogens is 1970 g/mol. The molecule has 43 heteroatoms. The van der Waals surface area contributed by atoms with Gasteiger partial charge in [0.2, 0.25) is 52.4 Å². The number of aliphatic hydroxyl groups excluding tert-OH is 1. The van der Waals surface area contributed by atoms with Crippen molar-refractivity contribution in [2.45, 2.75) is 215 Å². The Morgan fingerprint density at radius 1 is 0.407 bits per heavy atom. The summed E-state index contributed by atoms with van der Waals surface area (Å²) in [7, 11) is 3.72. The molecule has 150 heavy (non-hydrogen) atoms. The summed E-state index contributed by atoms with van der Waals surface area (Å²) < 4.78 is 74.2. The molecule has 8 aliphatic rings. The Bertz CT molecular complexity index is 6650. The van der Waals surface area contributed by atoms with Crippen LogP contribution in [0.15, 0.2) is 103 Å². The fourth-order valence-electron chi connectivity index (χ4n) is 20.8. The molecule has 7 aliphatic carbocycles. The van der Waals surface area contributed by atoms with E-state index < -0.39 is 366 Å². The first-order valence-electron chi connectivity index (χ1n) is 48.5. The number of phenolic OH excluding ortho intramolecular Hbond substituents is 6. The first-order chi connectivity index (χ1) is 71.6. The zero-order valence-corrected chi connectivity index (χ0v) is 82.3. The molecule has 1 saturated heterocycles. The molecule has 4 amide bonds. The number of aromatic hydroxyl groups is 6. The largest absolute Gasteiger partial charge is 0.507 e. The second kappa shape index (κ2) is 43.8. The van der Waals surface area contributed by atoms with E-state index in [9.17, 15) is 128 Å². The summed E-state index contributed by atoms with van der Waals surface area (Å²) in [6, 6.07) is 26.2. The van der Waals surface area contributed by atoms with Crippen LogP contribution < -0.4 is 35.5 Å². The van der Waals surface area contributed by atoms with E-state index in [2.05, 4.69) is 21.3 Å². The predicted molar refractivity (Wildman–Crippen MR) is 512 cm³/mol. The summed E-state index contributed by atoms with van der Waals surface area (Å²) in [5, 5.41) is 131. The van der Waals surface area contributed by atoms with Gasteiger partial charge in [0.25, 0.3) is 0 Å². The SMILES string of the molecule is CCOC(CC)O[C@H]1C[C@](O)(C(=O)COC(=O)CCC(=O)NC(NC(=O)CCC(=O)OCC(=O)[C@]2(O)Cc3c(O)c4c(c(O)c3[C@@H](OC(CC)OCC)C2)C(=O)c2c(OC)cccc2C4=O)NC(=O)CCC(=O)OCC(=O)[C@]2(O)Cc3c(O)c4c(c(O)c3[C@@H](OC3CC(NC(=O)OCC5c6ccccc6-c6ccccc65)C(O)C(C)O3)C2)C(=O)c2c(OC)cccc2C4=O)Cc2c(O)c3c(c(O)c21)C(=O)c1c(OC)cccc1C3=O. The van der Waals surface area contributed by atoms with Gasteiger partial charge in [0.15, 0.2) is 62.3 Å². The van der Waals surface area contributed by atoms with Crippen molar-refractivity contribution in [2.75, 3.05) is 61.0 Å². The van der Waals surface area contributed by atoms with Gasteiger partial charge in [-0.05, 0) is 74.1 Å². The topological polar surface area (TPSA) is 644 Å². The number of fused-ring (bicyclic) bond motifs is 12.